The predicted octanol–water partition coefficient (Wildman–Crippen LogP) is 4.77. The van der Waals surface area contributed by atoms with Gasteiger partial charge in [0.1, 0.15) is 18.2 Å². The van der Waals surface area contributed by atoms with E-state index in [9.17, 15) is 9.18 Å². The summed E-state index contributed by atoms with van der Waals surface area (Å²) in [4.78, 5) is 12.0. The molecule has 6 heteroatoms. The van der Waals surface area contributed by atoms with Crippen LogP contribution in [0.25, 0.3) is 0 Å². The first kappa shape index (κ1) is 19.0. The molecule has 0 heterocycles. The third kappa shape index (κ3) is 5.89. The van der Waals surface area contributed by atoms with Gasteiger partial charge in [-0.05, 0) is 88.3 Å². The first-order valence-corrected chi connectivity index (χ1v) is 9.24. The van der Waals surface area contributed by atoms with E-state index in [2.05, 4.69) is 33.1 Å². The molecule has 0 atom stereocenters. The molecule has 0 unspecified atom stereocenters. The second-order valence-corrected chi connectivity index (χ2v) is 6.94. The van der Waals surface area contributed by atoms with Gasteiger partial charge >= 0.3 is 0 Å². The molecule has 0 fully saturated rings. The van der Waals surface area contributed by atoms with Crippen molar-refractivity contribution in [2.24, 2.45) is 5.10 Å². The summed E-state index contributed by atoms with van der Waals surface area (Å²) in [5, 5.41) is 3.98. The Bertz CT molecular complexity index is 941. The summed E-state index contributed by atoms with van der Waals surface area (Å²) in [5.41, 5.74) is 4.78. The van der Waals surface area contributed by atoms with E-state index in [0.29, 0.717) is 17.9 Å². The minimum Gasteiger partial charge on any atom is -0.489 e. The average molecular weight is 474 g/mol. The maximum atomic E-state index is 12.9. The lowest BCUT2D eigenvalue weighted by molar-refractivity contribution is 0.0955. The lowest BCUT2D eigenvalue weighted by atomic mass is 10.2. The summed E-state index contributed by atoms with van der Waals surface area (Å²) in [5.74, 6) is 0.167. The van der Waals surface area contributed by atoms with E-state index in [4.69, 9.17) is 4.74 Å². The highest BCUT2D eigenvalue weighted by Crippen LogP contribution is 2.14. The number of nitrogens with zero attached hydrogens (tertiary/aromatic N) is 1. The standard InChI is InChI=1S/C21H16FIN2O2/c22-18-8-4-16(5-9-18)14-27-20-10-6-15(7-11-20)13-24-25-21(26)17-2-1-3-19(23)12-17/h1-13H,14H2,(H,25,26)/b24-13-. The molecule has 0 aliphatic carbocycles. The van der Waals surface area contributed by atoms with Crippen molar-refractivity contribution in [3.63, 3.8) is 0 Å². The molecule has 3 aromatic rings. The molecule has 0 aromatic heterocycles. The highest BCUT2D eigenvalue weighted by atomic mass is 127. The SMILES string of the molecule is O=C(N/N=C\c1ccc(OCc2ccc(F)cc2)cc1)c1cccc(I)c1. The zero-order valence-corrected chi connectivity index (χ0v) is 16.4. The molecular weight excluding hydrogens is 458 g/mol. The van der Waals surface area contributed by atoms with Crippen molar-refractivity contribution >= 4 is 34.7 Å². The van der Waals surface area contributed by atoms with E-state index in [0.717, 1.165) is 14.7 Å². The number of ether oxygens (including phenoxy) is 1. The minimum absolute atomic E-state index is 0.260. The van der Waals surface area contributed by atoms with Gasteiger partial charge in [-0.1, -0.05) is 18.2 Å². The second-order valence-electron chi connectivity index (χ2n) is 5.69. The zero-order chi connectivity index (χ0) is 19.1. The largest absolute Gasteiger partial charge is 0.489 e. The van der Waals surface area contributed by atoms with Crippen LogP contribution in [0, 0.1) is 9.39 Å². The summed E-state index contributed by atoms with van der Waals surface area (Å²) in [7, 11) is 0. The van der Waals surface area contributed by atoms with E-state index in [1.807, 2.05) is 36.4 Å². The molecule has 4 nitrogen and oxygen atoms in total. The van der Waals surface area contributed by atoms with Crippen LogP contribution in [-0.2, 0) is 6.61 Å². The Hall–Kier alpha value is -2.74. The number of rotatable bonds is 6. The molecule has 1 amide bonds. The van der Waals surface area contributed by atoms with Gasteiger partial charge in [0.15, 0.2) is 0 Å². The van der Waals surface area contributed by atoms with Gasteiger partial charge in [-0.15, -0.1) is 0 Å². The number of hydrogen-bond donors (Lipinski definition) is 1. The number of hydrazone groups is 1. The fourth-order valence-corrected chi connectivity index (χ4v) is 2.80. The van der Waals surface area contributed by atoms with Gasteiger partial charge < -0.3 is 4.74 Å². The lowest BCUT2D eigenvalue weighted by Crippen LogP contribution is -2.17. The van der Waals surface area contributed by atoms with Crippen LogP contribution in [0.15, 0.2) is 77.9 Å². The van der Waals surface area contributed by atoms with Gasteiger partial charge in [0.2, 0.25) is 0 Å². The fourth-order valence-electron chi connectivity index (χ4n) is 2.26. The lowest BCUT2D eigenvalue weighted by Gasteiger charge is -2.06. The second kappa shape index (κ2) is 9.27. The summed E-state index contributed by atoms with van der Waals surface area (Å²) in [6.45, 7) is 0.361. The third-order valence-corrected chi connectivity index (χ3v) is 4.34. The molecule has 1 N–H and O–H groups in total. The van der Waals surface area contributed by atoms with Gasteiger partial charge in [-0.3, -0.25) is 4.79 Å². The molecule has 0 radical (unpaired) electrons. The van der Waals surface area contributed by atoms with Crippen molar-refractivity contribution in [3.05, 3.63) is 98.9 Å². The van der Waals surface area contributed by atoms with E-state index < -0.39 is 0 Å². The third-order valence-electron chi connectivity index (χ3n) is 3.67. The highest BCUT2D eigenvalue weighted by Gasteiger charge is 2.03. The molecule has 3 aromatic carbocycles. The number of benzene rings is 3. The zero-order valence-electron chi connectivity index (χ0n) is 14.2. The van der Waals surface area contributed by atoms with Crippen molar-refractivity contribution < 1.29 is 13.9 Å². The number of amides is 1. The summed E-state index contributed by atoms with van der Waals surface area (Å²) >= 11 is 2.15. The molecule has 0 saturated heterocycles. The Labute approximate surface area is 170 Å². The fraction of sp³-hybridized carbons (Fsp3) is 0.0476. The Morgan fingerprint density at radius 2 is 1.81 bits per heavy atom. The average Bonchev–Trinajstić information content (AvgIpc) is 2.68. The van der Waals surface area contributed by atoms with Crippen molar-refractivity contribution in [2.75, 3.05) is 0 Å². The molecule has 0 spiro atoms. The maximum absolute atomic E-state index is 12.9. The molecule has 0 aliphatic heterocycles. The van der Waals surface area contributed by atoms with Crippen LogP contribution in [-0.4, -0.2) is 12.1 Å². The quantitative estimate of drug-likeness (QED) is 0.318. The minimum atomic E-state index is -0.267. The number of carbonyl (C=O) groups is 1. The molecular formula is C21H16FIN2O2. The number of carbonyl (C=O) groups excluding carboxylic acids is 1. The number of hydrogen-bond acceptors (Lipinski definition) is 3. The Balaban J connectivity index is 1.51. The Morgan fingerprint density at radius 1 is 1.07 bits per heavy atom. The van der Waals surface area contributed by atoms with E-state index in [-0.39, 0.29) is 11.7 Å². The van der Waals surface area contributed by atoms with Gasteiger partial charge in [0.25, 0.3) is 5.91 Å². The maximum Gasteiger partial charge on any atom is 0.271 e. The normalized spacial score (nSPS) is 10.7. The van der Waals surface area contributed by atoms with E-state index in [1.165, 1.54) is 12.1 Å². The number of nitrogens with one attached hydrogen (secondary N) is 1. The Kier molecular flexibility index (Phi) is 6.54. The molecule has 0 saturated carbocycles. The van der Waals surface area contributed by atoms with Crippen LogP contribution in [0.1, 0.15) is 21.5 Å². The van der Waals surface area contributed by atoms with Gasteiger partial charge in [0.05, 0.1) is 6.21 Å². The van der Waals surface area contributed by atoms with Crippen molar-refractivity contribution in [1.29, 1.82) is 0 Å². The topological polar surface area (TPSA) is 50.7 Å². The molecule has 0 aliphatic rings. The summed E-state index contributed by atoms with van der Waals surface area (Å²) in [6, 6.07) is 20.7. The van der Waals surface area contributed by atoms with Crippen LogP contribution in [0.2, 0.25) is 0 Å². The van der Waals surface area contributed by atoms with Crippen LogP contribution >= 0.6 is 22.6 Å². The molecule has 3 rings (SSSR count). The highest BCUT2D eigenvalue weighted by molar-refractivity contribution is 14.1. The smallest absolute Gasteiger partial charge is 0.271 e. The first-order valence-electron chi connectivity index (χ1n) is 8.16. The van der Waals surface area contributed by atoms with E-state index in [1.54, 1.807) is 30.5 Å². The summed E-state index contributed by atoms with van der Waals surface area (Å²) in [6.07, 6.45) is 1.57. The van der Waals surface area contributed by atoms with E-state index >= 15 is 0 Å². The van der Waals surface area contributed by atoms with Gasteiger partial charge in [0, 0.05) is 9.13 Å². The van der Waals surface area contributed by atoms with Gasteiger partial charge in [-0.25, -0.2) is 9.82 Å². The van der Waals surface area contributed by atoms with Gasteiger partial charge in [-0.2, -0.15) is 5.10 Å². The number of halogens is 2. The van der Waals surface area contributed by atoms with Crippen molar-refractivity contribution in [2.45, 2.75) is 6.61 Å². The van der Waals surface area contributed by atoms with Crippen LogP contribution in [0.4, 0.5) is 4.39 Å². The van der Waals surface area contributed by atoms with Crippen molar-refractivity contribution in [1.82, 2.24) is 5.43 Å². The van der Waals surface area contributed by atoms with Crippen LogP contribution < -0.4 is 10.2 Å². The molecule has 27 heavy (non-hydrogen) atoms. The molecule has 136 valence electrons. The van der Waals surface area contributed by atoms with Crippen LogP contribution in [0.3, 0.4) is 0 Å². The summed E-state index contributed by atoms with van der Waals surface area (Å²) < 4.78 is 19.5. The molecule has 0 bridgehead atoms. The van der Waals surface area contributed by atoms with Crippen molar-refractivity contribution in [3.8, 4) is 5.75 Å². The Morgan fingerprint density at radius 3 is 2.52 bits per heavy atom. The van der Waals surface area contributed by atoms with Crippen LogP contribution in [0.5, 0.6) is 5.75 Å². The monoisotopic (exact) mass is 474 g/mol. The predicted molar refractivity (Wildman–Crippen MR) is 111 cm³/mol. The first-order chi connectivity index (χ1) is 13.1.